The van der Waals surface area contributed by atoms with Gasteiger partial charge in [-0.1, -0.05) is 0 Å². The van der Waals surface area contributed by atoms with Gasteiger partial charge in [-0.25, -0.2) is 0 Å². The first kappa shape index (κ1) is 11.3. The fourth-order valence-electron chi connectivity index (χ4n) is 1.23. The van der Waals surface area contributed by atoms with Crippen LogP contribution in [0, 0.1) is 0 Å². The monoisotopic (exact) mass is 197 g/mol. The largest absolute Gasteiger partial charge is 0.468 e. The fourth-order valence-corrected chi connectivity index (χ4v) is 1.23. The van der Waals surface area contributed by atoms with Gasteiger partial charge in [0.25, 0.3) is 0 Å². The minimum absolute atomic E-state index is 0.201. The van der Waals surface area contributed by atoms with Crippen LogP contribution in [0.3, 0.4) is 0 Å². The first-order valence-electron chi connectivity index (χ1n) is 4.98. The summed E-state index contributed by atoms with van der Waals surface area (Å²) in [7, 11) is 0. The molecule has 14 heavy (non-hydrogen) atoms. The molecule has 1 aromatic rings. The quantitative estimate of drug-likeness (QED) is 0.759. The van der Waals surface area contributed by atoms with Gasteiger partial charge < -0.3 is 14.8 Å². The third-order valence-electron chi connectivity index (χ3n) is 2.16. The minimum atomic E-state index is -0.601. The molecule has 1 unspecified atom stereocenters. The highest BCUT2D eigenvalue weighted by molar-refractivity contribution is 5.02. The van der Waals surface area contributed by atoms with E-state index in [-0.39, 0.29) is 6.04 Å². The van der Waals surface area contributed by atoms with Crippen LogP contribution in [0.4, 0.5) is 0 Å². The molecular weight excluding hydrogens is 178 g/mol. The van der Waals surface area contributed by atoms with Crippen LogP contribution < -0.4 is 5.32 Å². The lowest BCUT2D eigenvalue weighted by Gasteiger charge is -2.18. The Kier molecular flexibility index (Phi) is 3.72. The van der Waals surface area contributed by atoms with E-state index >= 15 is 0 Å². The second kappa shape index (κ2) is 4.62. The van der Waals surface area contributed by atoms with E-state index in [0.717, 1.165) is 18.7 Å². The summed E-state index contributed by atoms with van der Waals surface area (Å²) in [6.45, 7) is 6.45. The molecule has 0 fully saturated rings. The number of hydrogen-bond donors (Lipinski definition) is 2. The van der Waals surface area contributed by atoms with Crippen LogP contribution in [0.5, 0.6) is 0 Å². The molecule has 0 radical (unpaired) electrons. The number of hydrogen-bond acceptors (Lipinski definition) is 3. The summed E-state index contributed by atoms with van der Waals surface area (Å²) in [6.07, 6.45) is 2.40. The van der Waals surface area contributed by atoms with Crippen molar-refractivity contribution in [2.45, 2.75) is 38.8 Å². The highest BCUT2D eigenvalue weighted by atomic mass is 16.3. The number of aliphatic hydroxyl groups is 1. The van der Waals surface area contributed by atoms with Gasteiger partial charge >= 0.3 is 0 Å². The van der Waals surface area contributed by atoms with Crippen molar-refractivity contribution in [3.8, 4) is 0 Å². The first-order valence-corrected chi connectivity index (χ1v) is 4.98. The fraction of sp³-hybridized carbons (Fsp3) is 0.636. The third kappa shape index (κ3) is 3.94. The van der Waals surface area contributed by atoms with Gasteiger partial charge in [-0.15, -0.1) is 0 Å². The molecule has 0 bridgehead atoms. The molecule has 0 saturated heterocycles. The second-order valence-electron chi connectivity index (χ2n) is 4.25. The molecule has 0 aliphatic heterocycles. The highest BCUT2D eigenvalue weighted by Gasteiger charge is 2.13. The van der Waals surface area contributed by atoms with E-state index in [9.17, 15) is 5.11 Å². The molecular formula is C11H19NO2. The topological polar surface area (TPSA) is 45.4 Å². The van der Waals surface area contributed by atoms with Gasteiger partial charge in [-0.3, -0.25) is 0 Å². The lowest BCUT2D eigenvalue weighted by molar-refractivity contribution is 0.0703. The molecule has 0 aromatic carbocycles. The van der Waals surface area contributed by atoms with Gasteiger partial charge in [0.05, 0.1) is 17.9 Å². The summed E-state index contributed by atoms with van der Waals surface area (Å²) in [5, 5.41) is 12.8. The Balaban J connectivity index is 2.26. The number of furan rings is 1. The maximum Gasteiger partial charge on any atom is 0.120 e. The van der Waals surface area contributed by atoms with Crippen molar-refractivity contribution < 1.29 is 9.52 Å². The second-order valence-corrected chi connectivity index (χ2v) is 4.25. The van der Waals surface area contributed by atoms with Crippen LogP contribution in [0.25, 0.3) is 0 Å². The van der Waals surface area contributed by atoms with Crippen molar-refractivity contribution in [3.05, 3.63) is 24.2 Å². The molecule has 1 atom stereocenters. The predicted octanol–water partition coefficient (Wildman–Crippen LogP) is 2.09. The lowest BCUT2D eigenvalue weighted by Crippen LogP contribution is -2.28. The van der Waals surface area contributed by atoms with E-state index in [1.54, 1.807) is 6.26 Å². The van der Waals surface area contributed by atoms with Gasteiger partial charge in [0.2, 0.25) is 0 Å². The van der Waals surface area contributed by atoms with Crippen LogP contribution in [-0.2, 0) is 0 Å². The summed E-state index contributed by atoms with van der Waals surface area (Å²) in [4.78, 5) is 0. The zero-order valence-electron chi connectivity index (χ0n) is 9.08. The Hall–Kier alpha value is -0.800. The summed E-state index contributed by atoms with van der Waals surface area (Å²) in [5.41, 5.74) is -0.601. The van der Waals surface area contributed by atoms with Gasteiger partial charge in [-0.05, 0) is 45.9 Å². The van der Waals surface area contributed by atoms with Gasteiger partial charge in [0.1, 0.15) is 5.76 Å². The van der Waals surface area contributed by atoms with Crippen LogP contribution in [-0.4, -0.2) is 17.3 Å². The molecule has 1 heterocycles. The molecule has 0 saturated carbocycles. The van der Waals surface area contributed by atoms with E-state index < -0.39 is 5.60 Å². The zero-order chi connectivity index (χ0) is 10.6. The van der Waals surface area contributed by atoms with Gasteiger partial charge in [0.15, 0.2) is 0 Å². The molecule has 3 nitrogen and oxygen atoms in total. The van der Waals surface area contributed by atoms with Crippen molar-refractivity contribution in [2.75, 3.05) is 6.54 Å². The Bertz CT molecular complexity index is 249. The van der Waals surface area contributed by atoms with E-state index in [1.165, 1.54) is 0 Å². The normalized spacial score (nSPS) is 14.3. The molecule has 2 N–H and O–H groups in total. The summed E-state index contributed by atoms with van der Waals surface area (Å²) in [6, 6.07) is 4.03. The van der Waals surface area contributed by atoms with Crippen molar-refractivity contribution in [1.82, 2.24) is 5.32 Å². The van der Waals surface area contributed by atoms with E-state index in [4.69, 9.17) is 4.42 Å². The Labute approximate surface area is 85.1 Å². The minimum Gasteiger partial charge on any atom is -0.468 e. The first-order chi connectivity index (χ1) is 6.49. The SMILES string of the molecule is CC(NCCC(C)(C)O)c1ccco1. The number of rotatable bonds is 5. The van der Waals surface area contributed by atoms with Crippen molar-refractivity contribution in [3.63, 3.8) is 0 Å². The van der Waals surface area contributed by atoms with Crippen molar-refractivity contribution in [1.29, 1.82) is 0 Å². The summed E-state index contributed by atoms with van der Waals surface area (Å²) < 4.78 is 5.25. The van der Waals surface area contributed by atoms with E-state index in [0.29, 0.717) is 0 Å². The predicted molar refractivity (Wildman–Crippen MR) is 56.0 cm³/mol. The van der Waals surface area contributed by atoms with Gasteiger partial charge in [-0.2, -0.15) is 0 Å². The van der Waals surface area contributed by atoms with Crippen molar-refractivity contribution >= 4 is 0 Å². The van der Waals surface area contributed by atoms with Crippen LogP contribution in [0.2, 0.25) is 0 Å². The van der Waals surface area contributed by atoms with Gasteiger partial charge in [0, 0.05) is 0 Å². The summed E-state index contributed by atoms with van der Waals surface area (Å²) >= 11 is 0. The average Bonchev–Trinajstić information content (AvgIpc) is 2.53. The Morgan fingerprint density at radius 1 is 1.57 bits per heavy atom. The van der Waals surface area contributed by atoms with E-state index in [2.05, 4.69) is 5.32 Å². The van der Waals surface area contributed by atoms with Crippen LogP contribution >= 0.6 is 0 Å². The zero-order valence-corrected chi connectivity index (χ0v) is 9.08. The van der Waals surface area contributed by atoms with Crippen molar-refractivity contribution in [2.24, 2.45) is 0 Å². The summed E-state index contributed by atoms with van der Waals surface area (Å²) in [5.74, 6) is 0.931. The van der Waals surface area contributed by atoms with Crippen LogP contribution in [0.15, 0.2) is 22.8 Å². The molecule has 1 rings (SSSR count). The van der Waals surface area contributed by atoms with Crippen LogP contribution in [0.1, 0.15) is 39.0 Å². The molecule has 0 aliphatic rings. The molecule has 80 valence electrons. The molecule has 1 aromatic heterocycles. The molecule has 0 amide bonds. The number of nitrogens with one attached hydrogen (secondary N) is 1. The maximum atomic E-state index is 9.50. The smallest absolute Gasteiger partial charge is 0.120 e. The Morgan fingerprint density at radius 3 is 2.79 bits per heavy atom. The Morgan fingerprint density at radius 2 is 2.29 bits per heavy atom. The maximum absolute atomic E-state index is 9.50. The lowest BCUT2D eigenvalue weighted by atomic mass is 10.1. The standard InChI is InChI=1S/C11H19NO2/c1-9(10-5-4-8-14-10)12-7-6-11(2,3)13/h4-5,8-9,12-13H,6-7H2,1-3H3. The average molecular weight is 197 g/mol. The molecule has 0 aliphatic carbocycles. The molecule has 3 heteroatoms. The molecule has 0 spiro atoms. The highest BCUT2D eigenvalue weighted by Crippen LogP contribution is 2.13. The third-order valence-corrected chi connectivity index (χ3v) is 2.16. The van der Waals surface area contributed by atoms with E-state index in [1.807, 2.05) is 32.9 Å².